The highest BCUT2D eigenvalue weighted by atomic mass is 79.9. The third-order valence-corrected chi connectivity index (χ3v) is 4.03. The molecule has 0 fully saturated rings. The number of aromatic nitrogens is 1. The van der Waals surface area contributed by atoms with Crippen LogP contribution < -0.4 is 10.1 Å². The van der Waals surface area contributed by atoms with Gasteiger partial charge in [0.05, 0.1) is 18.8 Å². The minimum Gasteiger partial charge on any atom is -0.496 e. The Morgan fingerprint density at radius 3 is 2.50 bits per heavy atom. The van der Waals surface area contributed by atoms with Crippen molar-refractivity contribution in [2.45, 2.75) is 19.9 Å². The van der Waals surface area contributed by atoms with Crippen molar-refractivity contribution >= 4 is 15.9 Å². The molecule has 2 rings (SSSR count). The van der Waals surface area contributed by atoms with Crippen LogP contribution in [0.1, 0.15) is 28.4 Å². The van der Waals surface area contributed by atoms with Crippen molar-refractivity contribution < 1.29 is 4.74 Å². The van der Waals surface area contributed by atoms with Crippen molar-refractivity contribution in [3.05, 3.63) is 57.3 Å². The first kappa shape index (κ1) is 15.0. The first-order valence-electron chi connectivity index (χ1n) is 6.51. The summed E-state index contributed by atoms with van der Waals surface area (Å²) in [6, 6.07) is 8.25. The first-order chi connectivity index (χ1) is 9.58. The topological polar surface area (TPSA) is 34.2 Å². The van der Waals surface area contributed by atoms with Crippen LogP contribution in [0.25, 0.3) is 0 Å². The molecule has 0 radical (unpaired) electrons. The summed E-state index contributed by atoms with van der Waals surface area (Å²) < 4.78 is 6.58. The Morgan fingerprint density at radius 2 is 1.95 bits per heavy atom. The van der Waals surface area contributed by atoms with Gasteiger partial charge in [-0.05, 0) is 60.1 Å². The molecule has 0 amide bonds. The molecule has 1 aromatic heterocycles. The number of benzene rings is 1. The molecule has 1 N–H and O–H groups in total. The van der Waals surface area contributed by atoms with Crippen LogP contribution in [-0.4, -0.2) is 19.1 Å². The van der Waals surface area contributed by atoms with Crippen molar-refractivity contribution in [3.63, 3.8) is 0 Å². The average Bonchev–Trinajstić information content (AvgIpc) is 2.45. The lowest BCUT2D eigenvalue weighted by molar-refractivity contribution is 0.401. The Kier molecular flexibility index (Phi) is 4.78. The van der Waals surface area contributed by atoms with E-state index in [1.54, 1.807) is 7.11 Å². The number of rotatable bonds is 4. The summed E-state index contributed by atoms with van der Waals surface area (Å²) in [7, 11) is 3.65. The first-order valence-corrected chi connectivity index (χ1v) is 7.30. The van der Waals surface area contributed by atoms with E-state index in [0.29, 0.717) is 0 Å². The Morgan fingerprint density at radius 1 is 1.20 bits per heavy atom. The van der Waals surface area contributed by atoms with Crippen molar-refractivity contribution in [1.82, 2.24) is 10.3 Å². The van der Waals surface area contributed by atoms with Crippen LogP contribution in [0.15, 0.2) is 34.9 Å². The van der Waals surface area contributed by atoms with Crippen molar-refractivity contribution in [1.29, 1.82) is 0 Å². The van der Waals surface area contributed by atoms with Crippen LogP contribution in [0.2, 0.25) is 0 Å². The highest BCUT2D eigenvalue weighted by molar-refractivity contribution is 9.10. The predicted molar refractivity (Wildman–Crippen MR) is 85.3 cm³/mol. The maximum Gasteiger partial charge on any atom is 0.127 e. The smallest absolute Gasteiger partial charge is 0.127 e. The molecule has 0 aliphatic carbocycles. The van der Waals surface area contributed by atoms with Gasteiger partial charge in [-0.2, -0.15) is 0 Å². The second-order valence-corrected chi connectivity index (χ2v) is 5.67. The van der Waals surface area contributed by atoms with Crippen LogP contribution in [-0.2, 0) is 0 Å². The standard InChI is InChI=1S/C16H19BrN2O/c1-10-5-7-13(16(20-4)11(10)2)15(18-3)14-8-6-12(17)9-19-14/h5-9,15,18H,1-4H3. The number of pyridine rings is 1. The summed E-state index contributed by atoms with van der Waals surface area (Å²) in [5.41, 5.74) is 4.47. The zero-order valence-corrected chi connectivity index (χ0v) is 13.8. The fraction of sp³-hybridized carbons (Fsp3) is 0.312. The number of hydrogen-bond donors (Lipinski definition) is 1. The summed E-state index contributed by atoms with van der Waals surface area (Å²) in [4.78, 5) is 4.49. The second-order valence-electron chi connectivity index (χ2n) is 4.75. The predicted octanol–water partition coefficient (Wildman–Crippen LogP) is 3.78. The molecule has 1 unspecified atom stereocenters. The molecule has 0 spiro atoms. The summed E-state index contributed by atoms with van der Waals surface area (Å²) >= 11 is 3.41. The van der Waals surface area contributed by atoms with Gasteiger partial charge in [0.2, 0.25) is 0 Å². The van der Waals surface area contributed by atoms with Gasteiger partial charge < -0.3 is 10.1 Å². The maximum absolute atomic E-state index is 5.61. The molecular formula is C16H19BrN2O. The Bertz CT molecular complexity index is 596. The Balaban J connectivity index is 2.52. The molecule has 4 heteroatoms. The van der Waals surface area contributed by atoms with Crippen molar-refractivity contribution in [2.75, 3.05) is 14.2 Å². The van der Waals surface area contributed by atoms with Gasteiger partial charge in [0.25, 0.3) is 0 Å². The highest BCUT2D eigenvalue weighted by Crippen LogP contribution is 2.33. The summed E-state index contributed by atoms with van der Waals surface area (Å²) in [5.74, 6) is 0.925. The summed E-state index contributed by atoms with van der Waals surface area (Å²) in [6.45, 7) is 4.17. The molecule has 0 aliphatic rings. The van der Waals surface area contributed by atoms with Crippen LogP contribution in [0.4, 0.5) is 0 Å². The zero-order valence-electron chi connectivity index (χ0n) is 12.2. The van der Waals surface area contributed by atoms with Gasteiger partial charge in [-0.1, -0.05) is 12.1 Å². The summed E-state index contributed by atoms with van der Waals surface area (Å²) in [6.07, 6.45) is 1.81. The lowest BCUT2D eigenvalue weighted by atomic mass is 9.97. The van der Waals surface area contributed by atoms with Crippen molar-refractivity contribution in [2.24, 2.45) is 0 Å². The van der Waals surface area contributed by atoms with E-state index in [-0.39, 0.29) is 6.04 Å². The van der Waals surface area contributed by atoms with Gasteiger partial charge in [-0.25, -0.2) is 0 Å². The van der Waals surface area contributed by atoms with E-state index in [2.05, 4.69) is 52.2 Å². The number of aryl methyl sites for hydroxylation is 1. The number of hydrogen-bond acceptors (Lipinski definition) is 3. The van der Waals surface area contributed by atoms with Gasteiger partial charge in [-0.15, -0.1) is 0 Å². The number of nitrogens with one attached hydrogen (secondary N) is 1. The van der Waals surface area contributed by atoms with Gasteiger partial charge >= 0.3 is 0 Å². The number of ether oxygens (including phenoxy) is 1. The monoisotopic (exact) mass is 334 g/mol. The van der Waals surface area contributed by atoms with E-state index in [0.717, 1.165) is 21.5 Å². The van der Waals surface area contributed by atoms with Crippen LogP contribution in [0.5, 0.6) is 5.75 Å². The molecule has 1 atom stereocenters. The SMILES string of the molecule is CNC(c1ccc(Br)cn1)c1ccc(C)c(C)c1OC. The molecule has 20 heavy (non-hydrogen) atoms. The van der Waals surface area contributed by atoms with E-state index >= 15 is 0 Å². The molecule has 1 aromatic carbocycles. The minimum atomic E-state index is 0.0114. The highest BCUT2D eigenvalue weighted by Gasteiger charge is 2.19. The number of methoxy groups -OCH3 is 1. The average molecular weight is 335 g/mol. The molecule has 3 nitrogen and oxygen atoms in total. The maximum atomic E-state index is 5.61. The molecule has 0 bridgehead atoms. The molecule has 106 valence electrons. The molecular weight excluding hydrogens is 316 g/mol. The van der Waals surface area contributed by atoms with Gasteiger partial charge in [0, 0.05) is 16.2 Å². The third-order valence-electron chi connectivity index (χ3n) is 3.56. The summed E-state index contributed by atoms with van der Waals surface area (Å²) in [5, 5.41) is 3.32. The molecule has 0 saturated heterocycles. The van der Waals surface area contributed by atoms with Crippen molar-refractivity contribution in [3.8, 4) is 5.75 Å². The fourth-order valence-electron chi connectivity index (χ4n) is 2.33. The van der Waals surface area contributed by atoms with Gasteiger partial charge in [-0.3, -0.25) is 4.98 Å². The van der Waals surface area contributed by atoms with Gasteiger partial charge in [0.15, 0.2) is 0 Å². The van der Waals surface area contributed by atoms with Crippen LogP contribution in [0, 0.1) is 13.8 Å². The van der Waals surface area contributed by atoms with E-state index in [1.807, 2.05) is 25.4 Å². The van der Waals surface area contributed by atoms with E-state index in [9.17, 15) is 0 Å². The quantitative estimate of drug-likeness (QED) is 0.923. The normalized spacial score (nSPS) is 12.2. The zero-order chi connectivity index (χ0) is 14.7. The Labute approximate surface area is 128 Å². The lowest BCUT2D eigenvalue weighted by Gasteiger charge is -2.21. The van der Waals surface area contributed by atoms with E-state index in [1.165, 1.54) is 11.1 Å². The molecule has 0 saturated carbocycles. The molecule has 1 heterocycles. The molecule has 0 aliphatic heterocycles. The van der Waals surface area contributed by atoms with Gasteiger partial charge in [0.1, 0.15) is 5.75 Å². The lowest BCUT2D eigenvalue weighted by Crippen LogP contribution is -2.20. The van der Waals surface area contributed by atoms with Crippen LogP contribution >= 0.6 is 15.9 Å². The Hall–Kier alpha value is -1.39. The number of halogens is 1. The van der Waals surface area contributed by atoms with Crippen LogP contribution in [0.3, 0.4) is 0 Å². The minimum absolute atomic E-state index is 0.0114. The number of nitrogens with zero attached hydrogens (tertiary/aromatic N) is 1. The van der Waals surface area contributed by atoms with E-state index in [4.69, 9.17) is 4.74 Å². The largest absolute Gasteiger partial charge is 0.496 e. The molecule has 2 aromatic rings. The van der Waals surface area contributed by atoms with E-state index < -0.39 is 0 Å². The third kappa shape index (κ3) is 2.86. The fourth-order valence-corrected chi connectivity index (χ4v) is 2.56. The second kappa shape index (κ2) is 6.37.